The first-order chi connectivity index (χ1) is 5.86. The first-order valence-electron chi connectivity index (χ1n) is 5.12. The Labute approximate surface area is 73.7 Å². The molecule has 0 bridgehead atoms. The van der Waals surface area contributed by atoms with Crippen molar-refractivity contribution in [2.75, 3.05) is 6.54 Å². The minimum absolute atomic E-state index is 0.216. The summed E-state index contributed by atoms with van der Waals surface area (Å²) in [7, 11) is 0. The highest BCUT2D eigenvalue weighted by molar-refractivity contribution is 5.86. The van der Waals surface area contributed by atoms with Gasteiger partial charge in [-0.05, 0) is 12.3 Å². The highest BCUT2D eigenvalue weighted by atomic mass is 16.1. The first-order valence-corrected chi connectivity index (χ1v) is 5.12. The molecule has 1 unspecified atom stereocenters. The average Bonchev–Trinajstić information content (AvgIpc) is 2.65. The van der Waals surface area contributed by atoms with E-state index in [-0.39, 0.29) is 6.04 Å². The van der Waals surface area contributed by atoms with Crippen molar-refractivity contribution < 1.29 is 4.79 Å². The van der Waals surface area contributed by atoms with E-state index in [0.717, 1.165) is 25.3 Å². The Kier molecular flexibility index (Phi) is 2.45. The number of nitrogens with one attached hydrogen (secondary N) is 1. The number of Topliss-reactive ketones (excluding diaryl/α,β-unsaturated/α-hetero) is 1. The summed E-state index contributed by atoms with van der Waals surface area (Å²) in [6.07, 6.45) is 7.34. The third-order valence-electron chi connectivity index (χ3n) is 3.19. The van der Waals surface area contributed by atoms with Crippen LogP contribution < -0.4 is 5.32 Å². The molecule has 2 nitrogen and oxygen atoms in total. The van der Waals surface area contributed by atoms with E-state index in [4.69, 9.17) is 0 Å². The highest BCUT2D eigenvalue weighted by Crippen LogP contribution is 2.29. The van der Waals surface area contributed by atoms with Crippen molar-refractivity contribution in [3.8, 4) is 0 Å². The van der Waals surface area contributed by atoms with Crippen LogP contribution in [0.25, 0.3) is 0 Å². The third kappa shape index (κ3) is 1.69. The molecular formula is C10H17NO. The van der Waals surface area contributed by atoms with Crippen molar-refractivity contribution in [1.82, 2.24) is 5.32 Å². The lowest BCUT2D eigenvalue weighted by Crippen LogP contribution is -2.29. The van der Waals surface area contributed by atoms with Gasteiger partial charge in [-0.2, -0.15) is 0 Å². The van der Waals surface area contributed by atoms with E-state index in [2.05, 4.69) is 5.32 Å². The first kappa shape index (κ1) is 8.24. The summed E-state index contributed by atoms with van der Waals surface area (Å²) in [5, 5.41) is 3.28. The number of rotatable bonds is 2. The third-order valence-corrected chi connectivity index (χ3v) is 3.19. The molecule has 1 N–H and O–H groups in total. The lowest BCUT2D eigenvalue weighted by molar-refractivity contribution is -0.119. The molecule has 2 aliphatic rings. The quantitative estimate of drug-likeness (QED) is 0.675. The topological polar surface area (TPSA) is 29.1 Å². The normalized spacial score (nSPS) is 31.7. The summed E-state index contributed by atoms with van der Waals surface area (Å²) >= 11 is 0. The maximum atomic E-state index is 11.3. The largest absolute Gasteiger partial charge is 0.307 e. The molecule has 0 amide bonds. The van der Waals surface area contributed by atoms with Gasteiger partial charge < -0.3 is 5.32 Å². The van der Waals surface area contributed by atoms with Crippen LogP contribution in [0.15, 0.2) is 0 Å². The smallest absolute Gasteiger partial charge is 0.151 e. The fraction of sp³-hybridized carbons (Fsp3) is 0.900. The number of hydrogen-bond acceptors (Lipinski definition) is 2. The van der Waals surface area contributed by atoms with Gasteiger partial charge in [-0.25, -0.2) is 0 Å². The molecule has 1 saturated heterocycles. The maximum Gasteiger partial charge on any atom is 0.151 e. The average molecular weight is 167 g/mol. The van der Waals surface area contributed by atoms with Crippen LogP contribution in [-0.2, 0) is 4.79 Å². The molecule has 2 fully saturated rings. The standard InChI is InChI=1S/C10H17NO/c12-10-5-6-11-9(10)7-8-3-1-2-4-8/h8-9,11H,1-7H2. The molecule has 12 heavy (non-hydrogen) atoms. The van der Waals surface area contributed by atoms with E-state index in [1.165, 1.54) is 25.7 Å². The van der Waals surface area contributed by atoms with Crippen LogP contribution >= 0.6 is 0 Å². The molecule has 1 heterocycles. The van der Waals surface area contributed by atoms with Gasteiger partial charge in [0, 0.05) is 13.0 Å². The van der Waals surface area contributed by atoms with Crippen molar-refractivity contribution in [2.24, 2.45) is 5.92 Å². The van der Waals surface area contributed by atoms with Crippen LogP contribution in [0.2, 0.25) is 0 Å². The van der Waals surface area contributed by atoms with Gasteiger partial charge in [-0.15, -0.1) is 0 Å². The molecule has 1 atom stereocenters. The van der Waals surface area contributed by atoms with Crippen molar-refractivity contribution in [3.63, 3.8) is 0 Å². The van der Waals surface area contributed by atoms with Gasteiger partial charge in [0.15, 0.2) is 5.78 Å². The van der Waals surface area contributed by atoms with Gasteiger partial charge in [0.05, 0.1) is 6.04 Å². The molecule has 0 spiro atoms. The number of ketones is 1. The second kappa shape index (κ2) is 3.56. The second-order valence-electron chi connectivity index (χ2n) is 4.11. The highest BCUT2D eigenvalue weighted by Gasteiger charge is 2.27. The Balaban J connectivity index is 1.81. The fourth-order valence-corrected chi connectivity index (χ4v) is 2.45. The van der Waals surface area contributed by atoms with Crippen molar-refractivity contribution in [3.05, 3.63) is 0 Å². The number of carbonyl (C=O) groups is 1. The van der Waals surface area contributed by atoms with Gasteiger partial charge in [-0.1, -0.05) is 25.7 Å². The second-order valence-corrected chi connectivity index (χ2v) is 4.11. The van der Waals surface area contributed by atoms with E-state index in [1.54, 1.807) is 0 Å². The molecule has 0 radical (unpaired) electrons. The molecule has 2 heteroatoms. The Morgan fingerprint density at radius 1 is 1.33 bits per heavy atom. The van der Waals surface area contributed by atoms with Gasteiger partial charge in [-0.3, -0.25) is 4.79 Å². The zero-order valence-corrected chi connectivity index (χ0v) is 7.51. The van der Waals surface area contributed by atoms with E-state index in [1.807, 2.05) is 0 Å². The van der Waals surface area contributed by atoms with Crippen molar-refractivity contribution in [1.29, 1.82) is 0 Å². The fourth-order valence-electron chi connectivity index (χ4n) is 2.45. The number of carbonyl (C=O) groups excluding carboxylic acids is 1. The Bertz CT molecular complexity index is 173. The molecule has 0 aromatic rings. The molecule has 0 aromatic carbocycles. The van der Waals surface area contributed by atoms with Crippen LogP contribution in [-0.4, -0.2) is 18.4 Å². The lowest BCUT2D eigenvalue weighted by Gasteiger charge is -2.13. The monoisotopic (exact) mass is 167 g/mol. The van der Waals surface area contributed by atoms with E-state index in [0.29, 0.717) is 5.78 Å². The lowest BCUT2D eigenvalue weighted by atomic mass is 9.97. The number of hydrogen-bond donors (Lipinski definition) is 1. The van der Waals surface area contributed by atoms with Crippen LogP contribution in [0.1, 0.15) is 38.5 Å². The summed E-state index contributed by atoms with van der Waals surface area (Å²) in [5.41, 5.74) is 0. The molecule has 1 saturated carbocycles. The zero-order chi connectivity index (χ0) is 8.39. The molecular weight excluding hydrogens is 150 g/mol. The zero-order valence-electron chi connectivity index (χ0n) is 7.51. The van der Waals surface area contributed by atoms with Crippen LogP contribution in [0.3, 0.4) is 0 Å². The summed E-state index contributed by atoms with van der Waals surface area (Å²) in [6.45, 7) is 0.913. The summed E-state index contributed by atoms with van der Waals surface area (Å²) < 4.78 is 0. The van der Waals surface area contributed by atoms with Gasteiger partial charge in [0.2, 0.25) is 0 Å². The Morgan fingerprint density at radius 2 is 2.08 bits per heavy atom. The molecule has 0 aromatic heterocycles. The van der Waals surface area contributed by atoms with Crippen LogP contribution in [0, 0.1) is 5.92 Å². The summed E-state index contributed by atoms with van der Waals surface area (Å²) in [4.78, 5) is 11.3. The Morgan fingerprint density at radius 3 is 2.67 bits per heavy atom. The van der Waals surface area contributed by atoms with E-state index >= 15 is 0 Å². The van der Waals surface area contributed by atoms with Crippen molar-refractivity contribution >= 4 is 5.78 Å². The summed E-state index contributed by atoms with van der Waals surface area (Å²) in [5.74, 6) is 1.28. The minimum Gasteiger partial charge on any atom is -0.307 e. The van der Waals surface area contributed by atoms with E-state index in [9.17, 15) is 4.79 Å². The Hall–Kier alpha value is -0.370. The SMILES string of the molecule is O=C1CCNC1CC1CCCC1. The van der Waals surface area contributed by atoms with Gasteiger partial charge >= 0.3 is 0 Å². The minimum atomic E-state index is 0.216. The molecule has 1 aliphatic carbocycles. The molecule has 2 rings (SSSR count). The van der Waals surface area contributed by atoms with Gasteiger partial charge in [0.1, 0.15) is 0 Å². The predicted molar refractivity (Wildman–Crippen MR) is 48.0 cm³/mol. The summed E-state index contributed by atoms with van der Waals surface area (Å²) in [6, 6.07) is 0.216. The molecule has 1 aliphatic heterocycles. The van der Waals surface area contributed by atoms with Crippen molar-refractivity contribution in [2.45, 2.75) is 44.6 Å². The van der Waals surface area contributed by atoms with E-state index < -0.39 is 0 Å². The molecule has 68 valence electrons. The predicted octanol–water partition coefficient (Wildman–Crippen LogP) is 1.50. The van der Waals surface area contributed by atoms with Gasteiger partial charge in [0.25, 0.3) is 0 Å². The maximum absolute atomic E-state index is 11.3. The van der Waals surface area contributed by atoms with Crippen LogP contribution in [0.5, 0.6) is 0 Å². The van der Waals surface area contributed by atoms with Crippen LogP contribution in [0.4, 0.5) is 0 Å².